The molecule has 2 aromatic rings. The van der Waals surface area contributed by atoms with Crippen LogP contribution >= 0.6 is 0 Å². The van der Waals surface area contributed by atoms with Gasteiger partial charge in [-0.05, 0) is 0 Å². The zero-order chi connectivity index (χ0) is 8.55. The van der Waals surface area contributed by atoms with E-state index in [2.05, 4.69) is 5.10 Å². The molecule has 0 amide bonds. The van der Waals surface area contributed by atoms with E-state index in [1.54, 1.807) is 7.11 Å². The third kappa shape index (κ3) is 1.10. The summed E-state index contributed by atoms with van der Waals surface area (Å²) in [5.41, 5.74) is 1.12. The maximum absolute atomic E-state index is 5.09. The van der Waals surface area contributed by atoms with Crippen LogP contribution in [0.5, 0.6) is 5.75 Å². The number of methoxy groups -OCH3 is 1. The molecule has 0 aliphatic heterocycles. The van der Waals surface area contributed by atoms with Gasteiger partial charge in [0.25, 0.3) is 0 Å². The molecule has 1 radical (unpaired) electrons. The number of benzene rings is 1. The second-order valence-electron chi connectivity index (χ2n) is 2.48. The zero-order valence-electron chi connectivity index (χ0n) is 6.61. The van der Waals surface area contributed by atoms with E-state index in [1.165, 1.54) is 0 Å². The zero-order valence-corrected chi connectivity index (χ0v) is 8.71. The molecule has 0 saturated carbocycles. The molecule has 1 heterocycles. The van der Waals surface area contributed by atoms with Gasteiger partial charge in [-0.3, -0.25) is 0 Å². The van der Waals surface area contributed by atoms with Crippen molar-refractivity contribution in [1.29, 1.82) is 0 Å². The van der Waals surface area contributed by atoms with Crippen molar-refractivity contribution in [3.63, 3.8) is 0 Å². The summed E-state index contributed by atoms with van der Waals surface area (Å²) in [5, 5.41) is 5.24. The Morgan fingerprint density at radius 3 is 3.08 bits per heavy atom. The van der Waals surface area contributed by atoms with Crippen LogP contribution in [0.3, 0.4) is 0 Å². The predicted molar refractivity (Wildman–Crippen MR) is 48.8 cm³/mol. The molecule has 4 heteroatoms. The van der Waals surface area contributed by atoms with Gasteiger partial charge in [-0.25, -0.2) is 0 Å². The van der Waals surface area contributed by atoms with E-state index in [0.29, 0.717) is 0 Å². The molecule has 0 atom stereocenters. The molecule has 0 spiro atoms. The van der Waals surface area contributed by atoms with E-state index >= 15 is 0 Å². The number of hydrogen-bond donors (Lipinski definition) is 0. The fourth-order valence-electron chi connectivity index (χ4n) is 1.14. The number of hydrogen-bond acceptors (Lipinski definition) is 2. The van der Waals surface area contributed by atoms with Gasteiger partial charge in [-0.2, -0.15) is 0 Å². The summed E-state index contributed by atoms with van der Waals surface area (Å²) in [4.78, 5) is 0. The first-order valence-corrected chi connectivity index (χ1v) is 4.48. The van der Waals surface area contributed by atoms with Crippen LogP contribution in [0.25, 0.3) is 10.9 Å². The Balaban J connectivity index is 2.69. The first kappa shape index (κ1) is 7.68. The summed E-state index contributed by atoms with van der Waals surface area (Å²) < 4.78 is 6.94. The Hall–Kier alpha value is -0.952. The minimum atomic E-state index is 0.871. The average molecular weight is 223 g/mol. The Bertz CT molecular complexity index is 410. The van der Waals surface area contributed by atoms with Gasteiger partial charge in [-0.15, -0.1) is 0 Å². The summed E-state index contributed by atoms with van der Waals surface area (Å²) in [5.74, 6) is 0.871. The van der Waals surface area contributed by atoms with Crippen molar-refractivity contribution in [2.75, 3.05) is 7.11 Å². The third-order valence-electron chi connectivity index (χ3n) is 1.78. The van der Waals surface area contributed by atoms with Crippen molar-refractivity contribution in [2.45, 2.75) is 0 Å². The maximum atomic E-state index is 5.09. The Morgan fingerprint density at radius 2 is 2.33 bits per heavy atom. The summed E-state index contributed by atoms with van der Waals surface area (Å²) in [6.07, 6.45) is 1.83. The van der Waals surface area contributed by atoms with Gasteiger partial charge in [0.1, 0.15) is 0 Å². The SMILES string of the molecule is COc1ccc2c(cnn2[AsH])c1. The van der Waals surface area contributed by atoms with Crippen LogP contribution in [0.1, 0.15) is 0 Å². The summed E-state index contributed by atoms with van der Waals surface area (Å²) in [6.45, 7) is 0. The summed E-state index contributed by atoms with van der Waals surface area (Å²) in [6, 6.07) is 5.91. The monoisotopic (exact) mass is 223 g/mol. The van der Waals surface area contributed by atoms with Crippen LogP contribution in [-0.4, -0.2) is 32.9 Å². The van der Waals surface area contributed by atoms with E-state index < -0.39 is 0 Å². The van der Waals surface area contributed by atoms with Crippen LogP contribution in [0.2, 0.25) is 0 Å². The normalized spacial score (nSPS) is 10.5. The van der Waals surface area contributed by atoms with Crippen molar-refractivity contribution in [3.05, 3.63) is 24.4 Å². The van der Waals surface area contributed by atoms with Crippen molar-refractivity contribution in [3.8, 4) is 5.75 Å². The average Bonchev–Trinajstić information content (AvgIpc) is 2.47. The molecule has 1 aromatic heterocycles. The van der Waals surface area contributed by atoms with Gasteiger partial charge in [0.05, 0.1) is 0 Å². The molecule has 0 N–H and O–H groups in total. The number of aromatic nitrogens is 2. The molecular weight excluding hydrogens is 215 g/mol. The van der Waals surface area contributed by atoms with Crippen LogP contribution in [0.4, 0.5) is 0 Å². The van der Waals surface area contributed by atoms with Gasteiger partial charge in [0.2, 0.25) is 0 Å². The number of ether oxygens (including phenoxy) is 1. The molecule has 61 valence electrons. The van der Waals surface area contributed by atoms with Gasteiger partial charge in [0, 0.05) is 0 Å². The molecule has 2 rings (SSSR count). The van der Waals surface area contributed by atoms with Crippen LogP contribution in [-0.2, 0) is 0 Å². The quantitative estimate of drug-likeness (QED) is 0.665. The van der Waals surface area contributed by atoms with Gasteiger partial charge in [-0.1, -0.05) is 0 Å². The molecule has 0 saturated heterocycles. The molecule has 0 fully saturated rings. The molecule has 0 bridgehead atoms. The summed E-state index contributed by atoms with van der Waals surface area (Å²) >= 11 is 1.93. The second-order valence-corrected chi connectivity index (χ2v) is 3.37. The van der Waals surface area contributed by atoms with E-state index in [4.69, 9.17) is 4.74 Å². The molecule has 12 heavy (non-hydrogen) atoms. The molecule has 0 aliphatic carbocycles. The molecule has 1 aromatic carbocycles. The van der Waals surface area contributed by atoms with Crippen molar-refractivity contribution in [1.82, 2.24) is 8.70 Å². The summed E-state index contributed by atoms with van der Waals surface area (Å²) in [7, 11) is 1.66. The van der Waals surface area contributed by atoms with E-state index in [1.807, 2.05) is 45.1 Å². The van der Waals surface area contributed by atoms with Gasteiger partial charge < -0.3 is 0 Å². The van der Waals surface area contributed by atoms with E-state index in [0.717, 1.165) is 16.7 Å². The van der Waals surface area contributed by atoms with Crippen molar-refractivity contribution >= 4 is 28.0 Å². The van der Waals surface area contributed by atoms with Crippen LogP contribution in [0.15, 0.2) is 24.4 Å². The molecular formula is C8H8AsN2O. The molecule has 0 unspecified atom stereocenters. The molecule has 0 aliphatic rings. The van der Waals surface area contributed by atoms with Gasteiger partial charge in [0.15, 0.2) is 0 Å². The van der Waals surface area contributed by atoms with Crippen LogP contribution in [0, 0.1) is 0 Å². The van der Waals surface area contributed by atoms with Gasteiger partial charge >= 0.3 is 78.7 Å². The third-order valence-corrected chi connectivity index (χ3v) is 2.52. The second kappa shape index (κ2) is 2.83. The Labute approximate surface area is 79.0 Å². The first-order chi connectivity index (χ1) is 5.81. The first-order valence-electron chi connectivity index (χ1n) is 3.54. The topological polar surface area (TPSA) is 27.1 Å². The van der Waals surface area contributed by atoms with Crippen LogP contribution < -0.4 is 4.74 Å². The van der Waals surface area contributed by atoms with E-state index in [9.17, 15) is 0 Å². The minimum absolute atomic E-state index is 0.871. The number of nitrogens with zero attached hydrogens (tertiary/aromatic N) is 2. The Kier molecular flexibility index (Phi) is 1.81. The van der Waals surface area contributed by atoms with Crippen molar-refractivity contribution in [2.24, 2.45) is 0 Å². The molecule has 3 nitrogen and oxygen atoms in total. The van der Waals surface area contributed by atoms with Crippen molar-refractivity contribution < 1.29 is 4.74 Å². The Morgan fingerprint density at radius 1 is 1.50 bits per heavy atom. The predicted octanol–water partition coefficient (Wildman–Crippen LogP) is 0.709. The fourth-order valence-corrected chi connectivity index (χ4v) is 1.69. The number of fused-ring (bicyclic) bond motifs is 1. The standard InChI is InChI=1S/C8H8AsN2O/c1-12-7-2-3-8-6(4-7)5-10-11(8)9/h2-5,9H,1H3. The number of rotatable bonds is 1. The van der Waals surface area contributed by atoms with E-state index in [-0.39, 0.29) is 0 Å². The fraction of sp³-hybridized carbons (Fsp3) is 0.125.